The number of hydrogen-bond donors (Lipinski definition) is 5. The fourth-order valence-electron chi connectivity index (χ4n) is 9.94. The lowest BCUT2D eigenvalue weighted by Gasteiger charge is -2.44. The second kappa shape index (κ2) is 20.9. The molecule has 384 valence electrons. The molecule has 4 aliphatic heterocycles. The third kappa shape index (κ3) is 10.5. The van der Waals surface area contributed by atoms with Gasteiger partial charge in [0.1, 0.15) is 35.9 Å². The van der Waals surface area contributed by atoms with E-state index in [1.54, 1.807) is 20.4 Å². The van der Waals surface area contributed by atoms with Gasteiger partial charge in [0, 0.05) is 75.6 Å². The van der Waals surface area contributed by atoms with Crippen molar-refractivity contribution in [2.75, 3.05) is 42.1 Å². The summed E-state index contributed by atoms with van der Waals surface area (Å²) < 4.78 is 66.8. The number of piperidine rings is 3. The van der Waals surface area contributed by atoms with Gasteiger partial charge in [-0.3, -0.25) is 44.0 Å². The summed E-state index contributed by atoms with van der Waals surface area (Å²) in [4.78, 5) is 97.2. The maximum atomic E-state index is 16.0. The monoisotopic (exact) mass is 1010 g/mol. The lowest BCUT2D eigenvalue weighted by atomic mass is 9.84. The van der Waals surface area contributed by atoms with Crippen LogP contribution in [-0.4, -0.2) is 131 Å². The highest BCUT2D eigenvalue weighted by Gasteiger charge is 2.45. The number of imidazole rings is 1. The number of likely N-dealkylation sites (tertiary alicyclic amines) is 1. The van der Waals surface area contributed by atoms with Crippen LogP contribution in [0.2, 0.25) is 0 Å². The van der Waals surface area contributed by atoms with E-state index in [9.17, 15) is 42.7 Å². The van der Waals surface area contributed by atoms with Gasteiger partial charge in [-0.1, -0.05) is 6.42 Å². The molecular formula is C49H52F4N12O8. The zero-order chi connectivity index (χ0) is 51.7. The fourth-order valence-corrected chi connectivity index (χ4v) is 9.94. The number of pyridine rings is 1. The zero-order valence-electron chi connectivity index (χ0n) is 39.4. The van der Waals surface area contributed by atoms with Crippen LogP contribution < -0.4 is 31.7 Å². The molecule has 9 rings (SSSR count). The van der Waals surface area contributed by atoms with Crippen LogP contribution >= 0.6 is 0 Å². The average Bonchev–Trinajstić information content (AvgIpc) is 3.89. The summed E-state index contributed by atoms with van der Waals surface area (Å²) >= 11 is 0. The molecule has 73 heavy (non-hydrogen) atoms. The van der Waals surface area contributed by atoms with Crippen molar-refractivity contribution in [2.45, 2.75) is 107 Å². The summed E-state index contributed by atoms with van der Waals surface area (Å²) in [5.41, 5.74) is 12.8. The Kier molecular flexibility index (Phi) is 14.4. The number of nitrogens with zero attached hydrogens (tertiary/aromatic N) is 8. The Morgan fingerprint density at radius 1 is 0.904 bits per heavy atom. The molecule has 5 aromatic rings. The van der Waals surface area contributed by atoms with Crippen LogP contribution in [-0.2, 0) is 25.7 Å². The smallest absolute Gasteiger partial charge is 0.265 e. The van der Waals surface area contributed by atoms with E-state index in [-0.39, 0.29) is 91.0 Å². The average molecular weight is 1010 g/mol. The lowest BCUT2D eigenvalue weighted by Crippen LogP contribution is -2.63. The summed E-state index contributed by atoms with van der Waals surface area (Å²) in [5.74, 6) is -4.77. The first-order valence-corrected chi connectivity index (χ1v) is 24.0. The molecule has 0 radical (unpaired) electrons. The number of carbonyl (C=O) groups is 6. The van der Waals surface area contributed by atoms with Gasteiger partial charge in [0.2, 0.25) is 23.6 Å². The molecule has 0 spiro atoms. The Hall–Kier alpha value is -7.60. The number of fused-ring (bicyclic) bond motifs is 2. The Labute approximate surface area is 414 Å². The molecule has 7 N–H and O–H groups in total. The molecule has 0 aliphatic carbocycles. The summed E-state index contributed by atoms with van der Waals surface area (Å²) in [6, 6.07) is 6.68. The number of alkyl halides is 2. The van der Waals surface area contributed by atoms with Crippen molar-refractivity contribution in [2.24, 2.45) is 5.73 Å². The fraction of sp³-hybridized carbons (Fsp3) is 0.429. The predicted molar refractivity (Wildman–Crippen MR) is 254 cm³/mol. The predicted octanol–water partition coefficient (Wildman–Crippen LogP) is 4.08. The third-order valence-electron chi connectivity index (χ3n) is 13.9. The SMILES string of the molecule is Nc1ncnc2c1ncn2Cc1cc(-c2cc(F)c(OC3CCN(C(=O)CCCCCC(=O)Nc4ccc5c(c4)C(=O)N(C4CCC(=O)NC4=O)C5=O)CC3)cc2F)ncc1N1CCC[C@](N)([C@@H](O)C(F)F)C1. The molecular weight excluding hydrogens is 961 g/mol. The van der Waals surface area contributed by atoms with Crippen LogP contribution in [0, 0.1) is 11.6 Å². The van der Waals surface area contributed by atoms with E-state index in [0.717, 1.165) is 17.0 Å². The van der Waals surface area contributed by atoms with Crippen LogP contribution in [0.4, 0.5) is 34.8 Å². The Bertz CT molecular complexity index is 3010. The van der Waals surface area contributed by atoms with Gasteiger partial charge in [0.25, 0.3) is 18.2 Å². The van der Waals surface area contributed by atoms with Crippen molar-refractivity contribution >= 4 is 63.8 Å². The number of aromatic nitrogens is 5. The molecule has 3 aromatic heterocycles. The van der Waals surface area contributed by atoms with E-state index < -0.39 is 65.5 Å². The number of hydrogen-bond acceptors (Lipinski definition) is 15. The number of benzene rings is 2. The number of unbranched alkanes of at least 4 members (excludes halogenated alkanes) is 2. The normalized spacial score (nSPS) is 19.9. The molecule has 0 saturated carbocycles. The lowest BCUT2D eigenvalue weighted by molar-refractivity contribution is -0.136. The van der Waals surface area contributed by atoms with Crippen molar-refractivity contribution in [1.82, 2.24) is 39.6 Å². The van der Waals surface area contributed by atoms with Crippen molar-refractivity contribution in [3.05, 3.63) is 83.6 Å². The van der Waals surface area contributed by atoms with Crippen LogP contribution in [0.15, 0.2) is 55.2 Å². The number of halogens is 4. The van der Waals surface area contributed by atoms with Gasteiger partial charge in [0.05, 0.1) is 47.1 Å². The van der Waals surface area contributed by atoms with Crippen molar-refractivity contribution in [3.63, 3.8) is 0 Å². The molecule has 0 bridgehead atoms. The van der Waals surface area contributed by atoms with E-state index in [0.29, 0.717) is 86.3 Å². The Morgan fingerprint density at radius 3 is 2.44 bits per heavy atom. The summed E-state index contributed by atoms with van der Waals surface area (Å²) in [5, 5.41) is 15.2. The number of nitrogen functional groups attached to an aromatic ring is 1. The van der Waals surface area contributed by atoms with E-state index >= 15 is 8.78 Å². The third-order valence-corrected chi connectivity index (χ3v) is 13.9. The van der Waals surface area contributed by atoms with Crippen molar-refractivity contribution in [1.29, 1.82) is 0 Å². The molecule has 7 heterocycles. The first-order valence-electron chi connectivity index (χ1n) is 24.0. The number of carbonyl (C=O) groups excluding carboxylic acids is 6. The van der Waals surface area contributed by atoms with Gasteiger partial charge in [0.15, 0.2) is 23.0 Å². The minimum Gasteiger partial charge on any atom is -0.487 e. The number of imide groups is 2. The summed E-state index contributed by atoms with van der Waals surface area (Å²) in [7, 11) is 0. The second-order valence-corrected chi connectivity index (χ2v) is 18.8. The van der Waals surface area contributed by atoms with E-state index in [2.05, 4.69) is 30.6 Å². The highest BCUT2D eigenvalue weighted by atomic mass is 19.3. The molecule has 24 heteroatoms. The van der Waals surface area contributed by atoms with E-state index in [1.807, 2.05) is 0 Å². The maximum absolute atomic E-state index is 16.0. The number of nitrogens with two attached hydrogens (primary N) is 2. The minimum absolute atomic E-state index is 0.00499. The molecule has 1 unspecified atom stereocenters. The highest BCUT2D eigenvalue weighted by molar-refractivity contribution is 6.24. The highest BCUT2D eigenvalue weighted by Crippen LogP contribution is 2.36. The minimum atomic E-state index is -3.07. The van der Waals surface area contributed by atoms with E-state index in [4.69, 9.17) is 16.2 Å². The number of rotatable bonds is 16. The number of aliphatic hydroxyl groups is 1. The Morgan fingerprint density at radius 2 is 1.67 bits per heavy atom. The van der Waals surface area contributed by atoms with E-state index in [1.165, 1.54) is 37.1 Å². The van der Waals surface area contributed by atoms with Crippen LogP contribution in [0.1, 0.15) is 96.9 Å². The quantitative estimate of drug-likeness (QED) is 0.0529. The number of nitrogens with one attached hydrogen (secondary N) is 2. The molecule has 3 atom stereocenters. The van der Waals surface area contributed by atoms with Gasteiger partial charge in [-0.2, -0.15) is 0 Å². The molecule has 6 amide bonds. The van der Waals surface area contributed by atoms with Gasteiger partial charge < -0.3 is 41.0 Å². The summed E-state index contributed by atoms with van der Waals surface area (Å²) in [6.45, 7) is 1.00. The van der Waals surface area contributed by atoms with Crippen molar-refractivity contribution < 1.29 is 56.2 Å². The van der Waals surface area contributed by atoms with Gasteiger partial charge in [-0.05, 0) is 68.0 Å². The van der Waals surface area contributed by atoms with Crippen molar-refractivity contribution in [3.8, 4) is 17.0 Å². The Balaban J connectivity index is 0.762. The van der Waals surface area contributed by atoms with Gasteiger partial charge in [-0.15, -0.1) is 0 Å². The molecule has 20 nitrogen and oxygen atoms in total. The van der Waals surface area contributed by atoms with Crippen LogP contribution in [0.25, 0.3) is 22.4 Å². The number of amides is 6. The maximum Gasteiger partial charge on any atom is 0.265 e. The largest absolute Gasteiger partial charge is 0.487 e. The van der Waals surface area contributed by atoms with Gasteiger partial charge >= 0.3 is 0 Å². The number of anilines is 3. The topological polar surface area (TPSA) is 274 Å². The standard InChI is InChI=1S/C49H52F4N12O8/c50-32-20-37(33(51)19-31(32)34-17-26(22-64-25-59-41-44(54)57-24-58-45(41)64)36(21-56-34)63-14-4-13-49(55,23-63)42(69)43(52)53)73-28-11-15-62(16-12-28)40(68)6-3-1-2-5-38(66)60-27-7-8-29-30(18-27)48(72)65(47(29)71)35-9-10-39(67)61-46(35)70/h7-8,17-21,24-25,28,35,42-43,69H,1-6,9-16,22-23,55H2,(H,60,66)(H2,54,57,58)(H,61,67,70)/t35?,42-,49+/m0/s1. The number of aliphatic hydroxyl groups excluding tert-OH is 1. The summed E-state index contributed by atoms with van der Waals surface area (Å²) in [6.07, 6.45) is 1.78. The first kappa shape index (κ1) is 50.3. The molecule has 4 aliphatic rings. The second-order valence-electron chi connectivity index (χ2n) is 18.8. The first-order chi connectivity index (χ1) is 35.0. The van der Waals surface area contributed by atoms with Crippen LogP contribution in [0.5, 0.6) is 5.75 Å². The molecule has 2 aromatic carbocycles. The zero-order valence-corrected chi connectivity index (χ0v) is 39.4. The van der Waals surface area contributed by atoms with Crippen LogP contribution in [0.3, 0.4) is 0 Å². The number of ether oxygens (including phenoxy) is 1. The molecule has 3 saturated heterocycles. The molecule has 3 fully saturated rings. The van der Waals surface area contributed by atoms with Gasteiger partial charge in [-0.25, -0.2) is 32.5 Å².